The molecule has 0 N–H and O–H groups in total. The lowest BCUT2D eigenvalue weighted by Crippen LogP contribution is -2.36. The Morgan fingerprint density at radius 1 is 0.591 bits per heavy atom. The molecule has 3 atom stereocenters. The summed E-state index contributed by atoms with van der Waals surface area (Å²) in [6.07, 6.45) is 2.01. The van der Waals surface area contributed by atoms with Gasteiger partial charge in [-0.3, -0.25) is 0 Å². The molecule has 0 aromatic rings. The molecule has 0 saturated carbocycles. The predicted molar refractivity (Wildman–Crippen MR) is 83.0 cm³/mol. The Kier molecular flexibility index (Phi) is 14.1. The molecule has 0 aliphatic carbocycles. The molecule has 7 nitrogen and oxygen atoms in total. The molecule has 0 fully saturated rings. The Bertz CT molecular complexity index is 206. The Labute approximate surface area is 134 Å². The van der Waals surface area contributed by atoms with E-state index in [1.807, 2.05) is 20.8 Å². The topological polar surface area (TPSA) is 58.6 Å². The van der Waals surface area contributed by atoms with Gasteiger partial charge in [0.25, 0.3) is 0 Å². The van der Waals surface area contributed by atoms with Crippen LogP contribution < -0.4 is 0 Å². The van der Waals surface area contributed by atoms with Gasteiger partial charge in [-0.25, -0.2) is 14.5 Å². The molecule has 0 bridgehead atoms. The second kappa shape index (κ2) is 14.3. The van der Waals surface area contributed by atoms with Crippen LogP contribution in [0.25, 0.3) is 0 Å². The summed E-state index contributed by atoms with van der Waals surface area (Å²) in [6.45, 7) is 7.68. The maximum Gasteiger partial charge on any atom is 0.0838 e. The summed E-state index contributed by atoms with van der Waals surface area (Å²) in [5, 5.41) is 1.13. The fourth-order valence-corrected chi connectivity index (χ4v) is 1.52. The number of ether oxygens (including phenoxy) is 3. The molecule has 7 heteroatoms. The van der Waals surface area contributed by atoms with Gasteiger partial charge in [-0.05, 0) is 40.0 Å². The van der Waals surface area contributed by atoms with Crippen LogP contribution in [-0.2, 0) is 28.7 Å². The number of hydrogen-bond acceptors (Lipinski definition) is 7. The summed E-state index contributed by atoms with van der Waals surface area (Å²) in [6, 6.07) is 0. The van der Waals surface area contributed by atoms with Gasteiger partial charge in [0.15, 0.2) is 0 Å². The Balaban J connectivity index is 4.34. The van der Waals surface area contributed by atoms with E-state index in [2.05, 4.69) is 0 Å². The van der Waals surface area contributed by atoms with Gasteiger partial charge in [0.2, 0.25) is 0 Å². The molecule has 0 aliphatic rings. The summed E-state index contributed by atoms with van der Waals surface area (Å²) < 4.78 is 15.1. The van der Waals surface area contributed by atoms with Crippen LogP contribution in [-0.4, -0.2) is 64.9 Å². The van der Waals surface area contributed by atoms with Gasteiger partial charge in [-0.2, -0.15) is 0 Å². The van der Waals surface area contributed by atoms with Gasteiger partial charge in [-0.15, -0.1) is 0 Å². The van der Waals surface area contributed by atoms with Gasteiger partial charge >= 0.3 is 0 Å². The van der Waals surface area contributed by atoms with Crippen LogP contribution in [0.5, 0.6) is 0 Å². The van der Waals surface area contributed by atoms with Crippen molar-refractivity contribution in [2.45, 2.75) is 58.3 Å². The summed E-state index contributed by atoms with van der Waals surface area (Å²) in [5.41, 5.74) is 0. The van der Waals surface area contributed by atoms with Gasteiger partial charge < -0.3 is 14.2 Å². The van der Waals surface area contributed by atoms with Crippen molar-refractivity contribution in [3.63, 3.8) is 0 Å². The Morgan fingerprint density at radius 2 is 0.864 bits per heavy atom. The highest BCUT2D eigenvalue weighted by atomic mass is 17.2. The van der Waals surface area contributed by atoms with E-state index in [1.165, 1.54) is 0 Å². The highest BCUT2D eigenvalue weighted by molar-refractivity contribution is 4.49. The van der Waals surface area contributed by atoms with Crippen LogP contribution in [0.2, 0.25) is 0 Å². The van der Waals surface area contributed by atoms with Crippen LogP contribution in [0.15, 0.2) is 0 Å². The van der Waals surface area contributed by atoms with E-state index in [4.69, 9.17) is 28.7 Å². The zero-order valence-electron chi connectivity index (χ0n) is 14.9. The first-order valence-electron chi connectivity index (χ1n) is 7.80. The zero-order valence-corrected chi connectivity index (χ0v) is 14.9. The summed E-state index contributed by atoms with van der Waals surface area (Å²) >= 11 is 0. The minimum atomic E-state index is -0.0794. The minimum absolute atomic E-state index is 0.0794. The van der Waals surface area contributed by atoms with Crippen molar-refractivity contribution in [1.29, 1.82) is 0 Å². The van der Waals surface area contributed by atoms with E-state index in [9.17, 15) is 0 Å². The second-order valence-electron chi connectivity index (χ2n) is 5.32. The molecule has 0 aromatic heterocycles. The van der Waals surface area contributed by atoms with Gasteiger partial charge in [0.05, 0.1) is 23.7 Å². The maximum absolute atomic E-state index is 5.68. The number of nitrogens with zero attached hydrogens (tertiary/aromatic N) is 1. The summed E-state index contributed by atoms with van der Waals surface area (Å²) in [4.78, 5) is 17.0. The van der Waals surface area contributed by atoms with Crippen molar-refractivity contribution in [3.05, 3.63) is 0 Å². The first kappa shape index (κ1) is 21.7. The van der Waals surface area contributed by atoms with E-state index in [0.29, 0.717) is 19.8 Å². The van der Waals surface area contributed by atoms with Crippen molar-refractivity contribution in [1.82, 2.24) is 5.39 Å². The molecule has 0 radical (unpaired) electrons. The quantitative estimate of drug-likeness (QED) is 0.429. The molecular weight excluding hydrogens is 290 g/mol. The van der Waals surface area contributed by atoms with Crippen LogP contribution in [0.1, 0.15) is 40.0 Å². The third kappa shape index (κ3) is 12.3. The van der Waals surface area contributed by atoms with Crippen LogP contribution in [0.3, 0.4) is 0 Å². The molecule has 0 heterocycles. The number of methoxy groups -OCH3 is 3. The molecule has 0 aliphatic heterocycles. The van der Waals surface area contributed by atoms with Crippen LogP contribution >= 0.6 is 0 Å². The van der Waals surface area contributed by atoms with Crippen LogP contribution in [0.4, 0.5) is 0 Å². The van der Waals surface area contributed by atoms with E-state index < -0.39 is 0 Å². The van der Waals surface area contributed by atoms with Crippen molar-refractivity contribution in [2.24, 2.45) is 0 Å². The van der Waals surface area contributed by atoms with E-state index in [-0.39, 0.29) is 18.3 Å². The first-order chi connectivity index (χ1) is 10.5. The largest absolute Gasteiger partial charge is 0.385 e. The molecule has 3 unspecified atom stereocenters. The third-order valence-electron chi connectivity index (χ3n) is 2.98. The fraction of sp³-hybridized carbons (Fsp3) is 1.00. The van der Waals surface area contributed by atoms with E-state index >= 15 is 0 Å². The average molecular weight is 323 g/mol. The lowest BCUT2D eigenvalue weighted by atomic mass is 10.3. The standard InChI is InChI=1S/C15H33NO6/c1-13(7-10-17-4)20-16(21-14(2)8-11-18-5)22-15(3)9-12-19-6/h13-15H,7-12H2,1-6H3. The van der Waals surface area contributed by atoms with Crippen molar-refractivity contribution in [3.8, 4) is 0 Å². The molecule has 0 amide bonds. The number of hydrogen-bond donors (Lipinski definition) is 0. The predicted octanol–water partition coefficient (Wildman–Crippen LogP) is 2.36. The molecular formula is C15H33NO6. The lowest BCUT2D eigenvalue weighted by Gasteiger charge is -2.28. The van der Waals surface area contributed by atoms with Crippen LogP contribution in [0, 0.1) is 0 Å². The minimum Gasteiger partial charge on any atom is -0.385 e. The normalized spacial score (nSPS) is 16.0. The highest BCUT2D eigenvalue weighted by Crippen LogP contribution is 2.12. The fourth-order valence-electron chi connectivity index (χ4n) is 1.52. The van der Waals surface area contributed by atoms with Gasteiger partial charge in [0, 0.05) is 41.2 Å². The molecule has 0 aromatic carbocycles. The molecule has 0 rings (SSSR count). The third-order valence-corrected chi connectivity index (χ3v) is 2.98. The molecule has 0 saturated heterocycles. The first-order valence-corrected chi connectivity index (χ1v) is 7.80. The van der Waals surface area contributed by atoms with Crippen molar-refractivity contribution < 1.29 is 28.7 Å². The van der Waals surface area contributed by atoms with Gasteiger partial charge in [0.1, 0.15) is 0 Å². The SMILES string of the molecule is COCCC(C)ON(OC(C)CCOC)OC(C)CCOC. The Morgan fingerprint density at radius 3 is 1.09 bits per heavy atom. The molecule has 0 spiro atoms. The number of rotatable bonds is 15. The summed E-state index contributed by atoms with van der Waals surface area (Å²) in [5.74, 6) is 0. The lowest BCUT2D eigenvalue weighted by molar-refractivity contribution is -0.554. The van der Waals surface area contributed by atoms with Crippen molar-refractivity contribution >= 4 is 0 Å². The monoisotopic (exact) mass is 323 g/mol. The average Bonchev–Trinajstić information content (AvgIpc) is 2.48. The van der Waals surface area contributed by atoms with Crippen molar-refractivity contribution in [2.75, 3.05) is 41.2 Å². The van der Waals surface area contributed by atoms with E-state index in [0.717, 1.165) is 24.7 Å². The summed E-state index contributed by atoms with van der Waals surface area (Å²) in [7, 11) is 4.99. The zero-order chi connectivity index (χ0) is 16.8. The smallest absolute Gasteiger partial charge is 0.0838 e. The Hall–Kier alpha value is -0.280. The molecule has 22 heavy (non-hydrogen) atoms. The second-order valence-corrected chi connectivity index (χ2v) is 5.32. The van der Waals surface area contributed by atoms with E-state index in [1.54, 1.807) is 21.3 Å². The molecule has 134 valence electrons. The maximum atomic E-state index is 5.68. The van der Waals surface area contributed by atoms with Gasteiger partial charge in [-0.1, -0.05) is 0 Å². The highest BCUT2D eigenvalue weighted by Gasteiger charge is 2.19.